The summed E-state index contributed by atoms with van der Waals surface area (Å²) in [7, 11) is 3.23. The highest BCUT2D eigenvalue weighted by atomic mass is 16.7. The van der Waals surface area contributed by atoms with E-state index in [9.17, 15) is 24.3 Å². The summed E-state index contributed by atoms with van der Waals surface area (Å²) in [5.41, 5.74) is 1.52. The monoisotopic (exact) mass is 804 g/mol. The van der Waals surface area contributed by atoms with Crippen LogP contribution in [0.25, 0.3) is 0 Å². The van der Waals surface area contributed by atoms with Crippen molar-refractivity contribution in [3.63, 3.8) is 0 Å². The van der Waals surface area contributed by atoms with Crippen molar-refractivity contribution >= 4 is 23.8 Å². The number of esters is 2. The number of hydrogen-bond acceptors (Lipinski definition) is 12. The Hall–Kier alpha value is -5.02. The molecule has 58 heavy (non-hydrogen) atoms. The van der Waals surface area contributed by atoms with Crippen molar-refractivity contribution in [3.05, 3.63) is 95.6 Å². The molecule has 0 aromatic heterocycles. The van der Waals surface area contributed by atoms with Gasteiger partial charge in [-0.2, -0.15) is 0 Å². The number of nitrogens with zero attached hydrogens (tertiary/aromatic N) is 1. The van der Waals surface area contributed by atoms with E-state index in [1.165, 1.54) is 20.8 Å². The maximum atomic E-state index is 13.8. The van der Waals surface area contributed by atoms with Gasteiger partial charge < -0.3 is 48.5 Å². The summed E-state index contributed by atoms with van der Waals surface area (Å²) in [6.45, 7) is 6.06. The smallest absolute Gasteiger partial charge is 0.303 e. The Bertz CT molecular complexity index is 1760. The molecule has 2 fully saturated rings. The van der Waals surface area contributed by atoms with Crippen LogP contribution in [0.15, 0.2) is 78.9 Å². The third kappa shape index (κ3) is 10.9. The standard InChI is InChI=1S/C44H56N2O12/c1-28-41(45-29(2)47)43(58-39(27-55-30(3)48)42(28)57-31(4)49)54-23-11-10-14-40(51)46-25-36(50)24-35(46)26-56-44(32-12-8-7-9-13-32,33-15-19-37(52-5)20-16-33)34-17-21-38(53-6)22-18-34/h7-9,12-13,15-22,28,35-36,39,41-43,50H,10-11,14,23-27H2,1-6H3,(H,45,47)/t28-,35+,36-,39?,41?,42-,43-/m1/s1. The zero-order valence-corrected chi connectivity index (χ0v) is 34.1. The number of hydrogen-bond donors (Lipinski definition) is 2. The van der Waals surface area contributed by atoms with Crippen LogP contribution in [0.1, 0.15) is 70.1 Å². The van der Waals surface area contributed by atoms with E-state index >= 15 is 0 Å². The molecule has 314 valence electrons. The number of rotatable bonds is 18. The summed E-state index contributed by atoms with van der Waals surface area (Å²) in [5.74, 6) is -0.535. The van der Waals surface area contributed by atoms with Crippen LogP contribution in [0, 0.1) is 5.92 Å². The maximum absolute atomic E-state index is 13.8. The van der Waals surface area contributed by atoms with E-state index in [-0.39, 0.29) is 44.6 Å². The summed E-state index contributed by atoms with van der Waals surface area (Å²) in [6, 6.07) is 24.3. The number of methoxy groups -OCH3 is 2. The van der Waals surface area contributed by atoms with Gasteiger partial charge in [0.2, 0.25) is 11.8 Å². The zero-order valence-electron chi connectivity index (χ0n) is 34.1. The Kier molecular flexibility index (Phi) is 15.7. The van der Waals surface area contributed by atoms with E-state index in [1.807, 2.05) is 78.9 Å². The van der Waals surface area contributed by atoms with E-state index in [0.29, 0.717) is 30.8 Å². The molecule has 5 rings (SSSR count). The van der Waals surface area contributed by atoms with E-state index < -0.39 is 60.1 Å². The summed E-state index contributed by atoms with van der Waals surface area (Å²) in [6.07, 6.45) is -1.74. The second-order valence-corrected chi connectivity index (χ2v) is 14.7. The molecule has 3 aromatic carbocycles. The molecule has 0 spiro atoms. The fourth-order valence-electron chi connectivity index (χ4n) is 7.78. The minimum Gasteiger partial charge on any atom is -0.497 e. The van der Waals surface area contributed by atoms with E-state index in [1.54, 1.807) is 26.0 Å². The molecule has 3 aromatic rings. The van der Waals surface area contributed by atoms with Crippen LogP contribution in [0.3, 0.4) is 0 Å². The van der Waals surface area contributed by atoms with Crippen molar-refractivity contribution in [1.82, 2.24) is 10.2 Å². The predicted octanol–water partition coefficient (Wildman–Crippen LogP) is 4.52. The topological polar surface area (TPSA) is 168 Å². The number of likely N-dealkylation sites (tertiary alicyclic amines) is 1. The van der Waals surface area contributed by atoms with Gasteiger partial charge in [0.1, 0.15) is 35.9 Å². The molecule has 14 nitrogen and oxygen atoms in total. The molecule has 0 bridgehead atoms. The minimum absolute atomic E-state index is 0.117. The average Bonchev–Trinajstić information content (AvgIpc) is 3.60. The van der Waals surface area contributed by atoms with Crippen LogP contribution in [-0.4, -0.2) is 111 Å². The lowest BCUT2D eigenvalue weighted by Crippen LogP contribution is -2.62. The predicted molar refractivity (Wildman–Crippen MR) is 212 cm³/mol. The Morgan fingerprint density at radius 1 is 0.828 bits per heavy atom. The normalized spacial score (nSPS) is 23.2. The lowest BCUT2D eigenvalue weighted by atomic mass is 9.80. The Morgan fingerprint density at radius 2 is 1.43 bits per heavy atom. The maximum Gasteiger partial charge on any atom is 0.303 e. The largest absolute Gasteiger partial charge is 0.497 e. The highest BCUT2D eigenvalue weighted by molar-refractivity contribution is 5.77. The van der Waals surface area contributed by atoms with Gasteiger partial charge in [-0.1, -0.05) is 61.5 Å². The minimum atomic E-state index is -1.08. The molecule has 2 N–H and O–H groups in total. The van der Waals surface area contributed by atoms with Gasteiger partial charge in [0.05, 0.1) is 39.0 Å². The fraction of sp³-hybridized carbons (Fsp3) is 0.500. The molecule has 7 atom stereocenters. The van der Waals surface area contributed by atoms with Gasteiger partial charge in [-0.15, -0.1) is 0 Å². The second-order valence-electron chi connectivity index (χ2n) is 14.7. The number of nitrogens with one attached hydrogen (secondary N) is 1. The summed E-state index contributed by atoms with van der Waals surface area (Å²) in [5, 5.41) is 13.7. The summed E-state index contributed by atoms with van der Waals surface area (Å²) in [4.78, 5) is 51.1. The number of aliphatic hydroxyl groups is 1. The molecular formula is C44H56N2O12. The fourth-order valence-corrected chi connectivity index (χ4v) is 7.78. The second kappa shape index (κ2) is 20.6. The summed E-state index contributed by atoms with van der Waals surface area (Å²) < 4.78 is 40.9. The first kappa shape index (κ1) is 44.1. The van der Waals surface area contributed by atoms with Gasteiger partial charge in [-0.3, -0.25) is 19.2 Å². The number of amides is 2. The lowest BCUT2D eigenvalue weighted by Gasteiger charge is -2.44. The number of carbonyl (C=O) groups excluding carboxylic acids is 4. The number of benzene rings is 3. The van der Waals surface area contributed by atoms with Crippen LogP contribution in [-0.2, 0) is 48.5 Å². The molecule has 2 saturated heterocycles. The SMILES string of the molecule is COc1ccc(C(OC[C@@H]2C[C@@H](O)CN2C(=O)CCCCO[C@@H]2OC(COC(C)=O)[C@H](OC(C)=O)[C@H](C)C2NC(C)=O)(c2ccccc2)c2ccc(OC)cc2)cc1. The third-order valence-corrected chi connectivity index (χ3v) is 10.6. The van der Waals surface area contributed by atoms with Crippen molar-refractivity contribution < 1.29 is 57.4 Å². The molecule has 2 unspecified atom stereocenters. The van der Waals surface area contributed by atoms with Crippen LogP contribution in [0.4, 0.5) is 0 Å². The van der Waals surface area contributed by atoms with E-state index in [2.05, 4.69) is 5.32 Å². The Balaban J connectivity index is 1.26. The number of β-amino-alcohol motifs (C(OH)–C–C–N with tert-alkyl or cyclic N) is 1. The van der Waals surface area contributed by atoms with Crippen molar-refractivity contribution in [2.24, 2.45) is 5.92 Å². The van der Waals surface area contributed by atoms with Crippen molar-refractivity contribution in [2.75, 3.05) is 40.6 Å². The highest BCUT2D eigenvalue weighted by Crippen LogP contribution is 2.42. The van der Waals surface area contributed by atoms with E-state index in [4.69, 9.17) is 33.2 Å². The van der Waals surface area contributed by atoms with Gasteiger partial charge >= 0.3 is 11.9 Å². The van der Waals surface area contributed by atoms with E-state index in [0.717, 1.165) is 16.7 Å². The molecule has 2 heterocycles. The van der Waals surface area contributed by atoms with Crippen LogP contribution >= 0.6 is 0 Å². The molecular weight excluding hydrogens is 748 g/mol. The number of ether oxygens (including phenoxy) is 7. The summed E-state index contributed by atoms with van der Waals surface area (Å²) >= 11 is 0. The molecule has 0 aliphatic carbocycles. The van der Waals surface area contributed by atoms with Crippen LogP contribution in [0.2, 0.25) is 0 Å². The van der Waals surface area contributed by atoms with Gasteiger partial charge in [0.25, 0.3) is 0 Å². The first-order valence-corrected chi connectivity index (χ1v) is 19.7. The third-order valence-electron chi connectivity index (χ3n) is 10.6. The van der Waals surface area contributed by atoms with Gasteiger partial charge in [0.15, 0.2) is 6.29 Å². The van der Waals surface area contributed by atoms with Crippen LogP contribution in [0.5, 0.6) is 11.5 Å². The molecule has 2 aliphatic heterocycles. The number of aliphatic hydroxyl groups excluding tert-OH is 1. The van der Waals surface area contributed by atoms with Crippen molar-refractivity contribution in [2.45, 2.75) is 95.7 Å². The van der Waals surface area contributed by atoms with Crippen LogP contribution < -0.4 is 14.8 Å². The first-order valence-electron chi connectivity index (χ1n) is 19.7. The molecule has 2 amide bonds. The number of carbonyl (C=O) groups is 4. The van der Waals surface area contributed by atoms with Crippen molar-refractivity contribution in [1.29, 1.82) is 0 Å². The Labute approximate surface area is 340 Å². The molecule has 0 radical (unpaired) electrons. The quantitative estimate of drug-likeness (QED) is 0.105. The lowest BCUT2D eigenvalue weighted by molar-refractivity contribution is -0.262. The molecule has 14 heteroatoms. The first-order chi connectivity index (χ1) is 27.9. The van der Waals surface area contributed by atoms with Gasteiger partial charge in [-0.05, 0) is 60.2 Å². The average molecular weight is 805 g/mol. The van der Waals surface area contributed by atoms with Gasteiger partial charge in [0, 0.05) is 46.3 Å². The van der Waals surface area contributed by atoms with Crippen molar-refractivity contribution in [3.8, 4) is 11.5 Å². The zero-order chi connectivity index (χ0) is 41.8. The Morgan fingerprint density at radius 3 is 1.98 bits per heavy atom. The molecule has 2 aliphatic rings. The molecule has 0 saturated carbocycles. The van der Waals surface area contributed by atoms with Gasteiger partial charge in [-0.25, -0.2) is 0 Å². The highest BCUT2D eigenvalue weighted by Gasteiger charge is 2.47. The number of unbranched alkanes of at least 4 members (excludes halogenated alkanes) is 1.